The highest BCUT2D eigenvalue weighted by molar-refractivity contribution is 6.23. The molecule has 4 nitrogen and oxygen atoms in total. The Balaban J connectivity index is 3.31. The molecule has 0 radical (unpaired) electrons. The molecule has 0 heterocycles. The van der Waals surface area contributed by atoms with Gasteiger partial charge in [-0.2, -0.15) is 0 Å². The number of carbonyl (C=O) groups is 2. The van der Waals surface area contributed by atoms with Crippen molar-refractivity contribution in [2.24, 2.45) is 11.3 Å². The summed E-state index contributed by atoms with van der Waals surface area (Å²) in [7, 11) is 2.78. The third-order valence-corrected chi connectivity index (χ3v) is 4.98. The lowest BCUT2D eigenvalue weighted by atomic mass is 9.70. The zero-order valence-corrected chi connectivity index (χ0v) is 16.9. The summed E-state index contributed by atoms with van der Waals surface area (Å²) in [4.78, 5) is 25.7. The summed E-state index contributed by atoms with van der Waals surface area (Å²) in [5.41, 5.74) is 1.90. The van der Waals surface area contributed by atoms with Gasteiger partial charge in [-0.3, -0.25) is 9.59 Å². The van der Waals surface area contributed by atoms with Crippen molar-refractivity contribution in [2.75, 3.05) is 14.2 Å². The lowest BCUT2D eigenvalue weighted by Crippen LogP contribution is -2.33. The number of ether oxygens (including phenoxy) is 2. The zero-order chi connectivity index (χ0) is 19.4. The summed E-state index contributed by atoms with van der Waals surface area (Å²) in [6, 6.07) is 0. The molecule has 0 aromatic rings. The molecule has 0 aliphatic heterocycles. The van der Waals surface area contributed by atoms with E-state index in [-0.39, 0.29) is 23.1 Å². The Hall–Kier alpha value is -1.84. The van der Waals surface area contributed by atoms with Gasteiger partial charge in [-0.05, 0) is 39.0 Å². The van der Waals surface area contributed by atoms with Gasteiger partial charge in [-0.25, -0.2) is 0 Å². The predicted molar refractivity (Wildman–Crippen MR) is 100.0 cm³/mol. The van der Waals surface area contributed by atoms with E-state index in [2.05, 4.69) is 26.8 Å². The van der Waals surface area contributed by atoms with Crippen LogP contribution >= 0.6 is 0 Å². The second-order valence-electron chi connectivity index (χ2n) is 7.49. The van der Waals surface area contributed by atoms with Crippen molar-refractivity contribution in [1.82, 2.24) is 0 Å². The molecule has 1 rings (SSSR count). The first-order chi connectivity index (χ1) is 11.6. The highest BCUT2D eigenvalue weighted by Crippen LogP contribution is 2.42. The molecule has 0 fully saturated rings. The van der Waals surface area contributed by atoms with E-state index in [1.807, 2.05) is 13.8 Å². The number of allylic oxidation sites excluding steroid dienone is 4. The van der Waals surface area contributed by atoms with E-state index >= 15 is 0 Å². The van der Waals surface area contributed by atoms with Crippen LogP contribution in [0.25, 0.3) is 0 Å². The van der Waals surface area contributed by atoms with E-state index in [4.69, 9.17) is 9.47 Å². The van der Waals surface area contributed by atoms with Gasteiger partial charge in [0.15, 0.2) is 0 Å². The molecular formula is C21H32O4. The largest absolute Gasteiger partial charge is 0.489 e. The Kier molecular flexibility index (Phi) is 7.21. The first-order valence-corrected chi connectivity index (χ1v) is 8.91. The summed E-state index contributed by atoms with van der Waals surface area (Å²) in [5.74, 6) is 0.0943. The molecule has 0 spiro atoms. The minimum Gasteiger partial charge on any atom is -0.489 e. The first kappa shape index (κ1) is 21.2. The van der Waals surface area contributed by atoms with Gasteiger partial charge >= 0.3 is 0 Å². The maximum Gasteiger partial charge on any atom is 0.228 e. The maximum absolute atomic E-state index is 13.0. The summed E-state index contributed by atoms with van der Waals surface area (Å²) in [5, 5.41) is 0. The van der Waals surface area contributed by atoms with Crippen LogP contribution in [-0.2, 0) is 19.1 Å². The molecule has 0 bridgehead atoms. The van der Waals surface area contributed by atoms with Gasteiger partial charge < -0.3 is 9.47 Å². The molecule has 0 aromatic carbocycles. The van der Waals surface area contributed by atoms with Crippen LogP contribution in [0.4, 0.5) is 0 Å². The second-order valence-corrected chi connectivity index (χ2v) is 7.49. The Labute approximate surface area is 152 Å². The highest BCUT2D eigenvalue weighted by Gasteiger charge is 2.42. The average Bonchev–Trinajstić information content (AvgIpc) is 2.55. The van der Waals surface area contributed by atoms with E-state index in [0.717, 1.165) is 12.8 Å². The summed E-state index contributed by atoms with van der Waals surface area (Å²) < 4.78 is 10.3. The SMILES string of the molecule is CCC(C)(C/C=C(\C)CC(C)C)C1=C(C)C(=O)C(OC)=C(OC)C1=O. The quantitative estimate of drug-likeness (QED) is 0.469. The second kappa shape index (κ2) is 8.50. The average molecular weight is 348 g/mol. The molecule has 1 unspecified atom stereocenters. The van der Waals surface area contributed by atoms with Gasteiger partial charge in [0, 0.05) is 16.6 Å². The zero-order valence-electron chi connectivity index (χ0n) is 16.9. The number of Topliss-reactive ketones (excluding diaryl/α,β-unsaturated/α-hetero) is 2. The highest BCUT2D eigenvalue weighted by atomic mass is 16.5. The van der Waals surface area contributed by atoms with Crippen LogP contribution in [0, 0.1) is 11.3 Å². The van der Waals surface area contributed by atoms with Crippen LogP contribution in [0.5, 0.6) is 0 Å². The molecule has 1 aliphatic rings. The topological polar surface area (TPSA) is 52.6 Å². The molecule has 0 N–H and O–H groups in total. The van der Waals surface area contributed by atoms with Crippen molar-refractivity contribution >= 4 is 11.6 Å². The Bertz CT molecular complexity index is 634. The predicted octanol–water partition coefficient (Wildman–Crippen LogP) is 4.76. The molecule has 0 saturated carbocycles. The van der Waals surface area contributed by atoms with E-state index in [0.29, 0.717) is 23.5 Å². The van der Waals surface area contributed by atoms with E-state index in [9.17, 15) is 9.59 Å². The molecule has 25 heavy (non-hydrogen) atoms. The van der Waals surface area contributed by atoms with Gasteiger partial charge in [0.05, 0.1) is 14.2 Å². The first-order valence-electron chi connectivity index (χ1n) is 8.91. The van der Waals surface area contributed by atoms with Crippen molar-refractivity contribution < 1.29 is 19.1 Å². The number of ketones is 2. The van der Waals surface area contributed by atoms with Crippen LogP contribution in [0.1, 0.15) is 60.8 Å². The van der Waals surface area contributed by atoms with E-state index in [1.165, 1.54) is 19.8 Å². The third kappa shape index (κ3) is 4.42. The van der Waals surface area contributed by atoms with Crippen molar-refractivity contribution in [1.29, 1.82) is 0 Å². The van der Waals surface area contributed by atoms with Crippen LogP contribution in [0.2, 0.25) is 0 Å². The Morgan fingerprint density at radius 1 is 1.12 bits per heavy atom. The van der Waals surface area contributed by atoms with Gasteiger partial charge in [-0.1, -0.05) is 39.3 Å². The number of hydrogen-bond acceptors (Lipinski definition) is 4. The smallest absolute Gasteiger partial charge is 0.228 e. The van der Waals surface area contributed by atoms with Gasteiger partial charge in [0.25, 0.3) is 0 Å². The van der Waals surface area contributed by atoms with E-state index < -0.39 is 5.41 Å². The number of hydrogen-bond donors (Lipinski definition) is 0. The molecule has 4 heteroatoms. The van der Waals surface area contributed by atoms with Crippen molar-refractivity contribution in [3.05, 3.63) is 34.3 Å². The normalized spacial score (nSPS) is 18.8. The molecule has 140 valence electrons. The maximum atomic E-state index is 13.0. The summed E-state index contributed by atoms with van der Waals surface area (Å²) >= 11 is 0. The molecule has 1 atom stereocenters. The van der Waals surface area contributed by atoms with Crippen LogP contribution in [0.15, 0.2) is 34.3 Å². The number of rotatable bonds is 8. The van der Waals surface area contributed by atoms with Crippen LogP contribution in [-0.4, -0.2) is 25.8 Å². The Morgan fingerprint density at radius 2 is 1.64 bits per heavy atom. The summed E-state index contributed by atoms with van der Waals surface area (Å²) in [6.45, 7) is 12.3. The lowest BCUT2D eigenvalue weighted by molar-refractivity contribution is -0.122. The standard InChI is InChI=1S/C21H32O4/c1-9-21(6,11-10-14(4)12-13(2)3)16-15(5)17(22)19(24-7)20(25-8)18(16)23/h10,13H,9,11-12H2,1-8H3/b14-10+. The number of methoxy groups -OCH3 is 2. The molecule has 1 aliphatic carbocycles. The van der Waals surface area contributed by atoms with Gasteiger partial charge in [0.1, 0.15) is 0 Å². The van der Waals surface area contributed by atoms with Gasteiger partial charge in [-0.15, -0.1) is 0 Å². The fraction of sp³-hybridized carbons (Fsp3) is 0.619. The fourth-order valence-corrected chi connectivity index (χ4v) is 3.42. The number of carbonyl (C=O) groups excluding carboxylic acids is 2. The molecular weight excluding hydrogens is 316 g/mol. The lowest BCUT2D eigenvalue weighted by Gasteiger charge is -2.33. The van der Waals surface area contributed by atoms with Crippen LogP contribution in [0.3, 0.4) is 0 Å². The summed E-state index contributed by atoms with van der Waals surface area (Å²) in [6.07, 6.45) is 4.70. The molecule has 0 amide bonds. The monoisotopic (exact) mass is 348 g/mol. The minimum atomic E-state index is -0.419. The Morgan fingerprint density at radius 3 is 2.08 bits per heavy atom. The van der Waals surface area contributed by atoms with Gasteiger partial charge in [0.2, 0.25) is 23.1 Å². The minimum absolute atomic E-state index is 0.00117. The van der Waals surface area contributed by atoms with Crippen molar-refractivity contribution in [3.8, 4) is 0 Å². The third-order valence-electron chi connectivity index (χ3n) is 4.98. The van der Waals surface area contributed by atoms with Crippen molar-refractivity contribution in [2.45, 2.75) is 60.8 Å². The van der Waals surface area contributed by atoms with Crippen LogP contribution < -0.4 is 0 Å². The molecule has 0 aromatic heterocycles. The fourth-order valence-electron chi connectivity index (χ4n) is 3.42. The van der Waals surface area contributed by atoms with Crippen molar-refractivity contribution in [3.63, 3.8) is 0 Å². The van der Waals surface area contributed by atoms with E-state index in [1.54, 1.807) is 6.92 Å². The molecule has 0 saturated heterocycles.